The largest absolute Gasteiger partial charge is 0.375 e. The molecule has 1 aliphatic heterocycles. The van der Waals surface area contributed by atoms with Gasteiger partial charge in [0.05, 0.1) is 9.90 Å². The van der Waals surface area contributed by atoms with Gasteiger partial charge in [-0.15, -0.1) is 11.8 Å². The minimum absolute atomic E-state index is 0.683. The van der Waals surface area contributed by atoms with Crippen LogP contribution in [-0.4, -0.2) is 23.3 Å². The summed E-state index contributed by atoms with van der Waals surface area (Å²) in [5.41, 5.74) is 6.72. The van der Waals surface area contributed by atoms with E-state index in [4.69, 9.17) is 5.73 Å². The molecule has 0 aromatic carbocycles. The van der Waals surface area contributed by atoms with E-state index in [1.165, 1.54) is 23.6 Å². The Hall–Kier alpha value is -0.260. The highest BCUT2D eigenvalue weighted by Gasteiger charge is 2.15. The molecular formula is C9H15N3S2. The number of nitrogen functional groups attached to an aromatic ring is 1. The number of aryl methyl sites for hydroxylation is 1. The van der Waals surface area contributed by atoms with Crippen LogP contribution in [-0.2, 0) is 0 Å². The lowest BCUT2D eigenvalue weighted by Gasteiger charge is -2.07. The van der Waals surface area contributed by atoms with Crippen molar-refractivity contribution in [2.75, 3.05) is 18.0 Å². The zero-order chi connectivity index (χ0) is 9.97. The molecular weight excluding hydrogens is 214 g/mol. The first-order chi connectivity index (χ1) is 6.75. The first-order valence-corrected chi connectivity index (χ1v) is 6.65. The molecule has 5 heteroatoms. The first kappa shape index (κ1) is 10.3. The van der Waals surface area contributed by atoms with Crippen molar-refractivity contribution >= 4 is 28.2 Å². The Labute approximate surface area is 92.5 Å². The van der Waals surface area contributed by atoms with Gasteiger partial charge < -0.3 is 11.1 Å². The highest BCUT2D eigenvalue weighted by atomic mass is 32.2. The molecule has 14 heavy (non-hydrogen) atoms. The predicted octanol–water partition coefficient (Wildman–Crippen LogP) is 1.88. The Bertz CT molecular complexity index is 305. The van der Waals surface area contributed by atoms with Crippen molar-refractivity contribution in [2.24, 2.45) is 0 Å². The summed E-state index contributed by atoms with van der Waals surface area (Å²) in [5.74, 6) is 1.14. The van der Waals surface area contributed by atoms with Crippen LogP contribution in [0.25, 0.3) is 0 Å². The Kier molecular flexibility index (Phi) is 3.30. The van der Waals surface area contributed by atoms with Gasteiger partial charge in [0.2, 0.25) is 0 Å². The molecule has 3 N–H and O–H groups in total. The number of nitrogens with one attached hydrogen (secondary N) is 1. The molecule has 0 saturated carbocycles. The second kappa shape index (κ2) is 4.51. The number of nitrogens with two attached hydrogens (primary N) is 1. The standard InChI is InChI=1S/C9H15N3S2/c1-6-8(14-9(10)12-6)13-5-7-3-2-4-11-7/h7,11H,2-5H2,1H3,(H2,10,12)/t7-/m1/s1. The molecule has 78 valence electrons. The van der Waals surface area contributed by atoms with Crippen molar-refractivity contribution in [3.63, 3.8) is 0 Å². The van der Waals surface area contributed by atoms with Gasteiger partial charge in [-0.25, -0.2) is 4.98 Å². The van der Waals surface area contributed by atoms with E-state index >= 15 is 0 Å². The number of hydrogen-bond donors (Lipinski definition) is 2. The van der Waals surface area contributed by atoms with E-state index in [1.54, 1.807) is 11.3 Å². The van der Waals surface area contributed by atoms with Gasteiger partial charge in [0.15, 0.2) is 5.13 Å². The minimum atomic E-state index is 0.683. The quantitative estimate of drug-likeness (QED) is 0.777. The van der Waals surface area contributed by atoms with Gasteiger partial charge in [0.25, 0.3) is 0 Å². The first-order valence-electron chi connectivity index (χ1n) is 4.85. The molecule has 2 rings (SSSR count). The van der Waals surface area contributed by atoms with Crippen LogP contribution in [0.3, 0.4) is 0 Å². The third-order valence-corrected chi connectivity index (χ3v) is 4.86. The molecule has 1 saturated heterocycles. The molecule has 3 nitrogen and oxygen atoms in total. The van der Waals surface area contributed by atoms with Gasteiger partial charge in [0.1, 0.15) is 0 Å². The smallest absolute Gasteiger partial charge is 0.181 e. The van der Waals surface area contributed by atoms with E-state index in [2.05, 4.69) is 10.3 Å². The molecule has 1 aliphatic rings. The Balaban J connectivity index is 1.87. The van der Waals surface area contributed by atoms with E-state index in [1.807, 2.05) is 18.7 Å². The van der Waals surface area contributed by atoms with Crippen molar-refractivity contribution in [1.82, 2.24) is 10.3 Å². The summed E-state index contributed by atoms with van der Waals surface area (Å²) >= 11 is 3.48. The van der Waals surface area contributed by atoms with Crippen molar-refractivity contribution < 1.29 is 0 Å². The molecule has 1 atom stereocenters. The third kappa shape index (κ3) is 2.40. The number of rotatable bonds is 3. The summed E-state index contributed by atoms with van der Waals surface area (Å²) in [5, 5.41) is 4.17. The molecule has 0 bridgehead atoms. The van der Waals surface area contributed by atoms with Gasteiger partial charge in [-0.1, -0.05) is 11.3 Å². The summed E-state index contributed by atoms with van der Waals surface area (Å²) in [6.07, 6.45) is 2.62. The predicted molar refractivity (Wildman–Crippen MR) is 63.0 cm³/mol. The molecule has 0 aliphatic carbocycles. The van der Waals surface area contributed by atoms with E-state index in [0.717, 1.165) is 11.4 Å². The van der Waals surface area contributed by atoms with Crippen molar-refractivity contribution in [1.29, 1.82) is 0 Å². The van der Waals surface area contributed by atoms with Crippen LogP contribution in [0.2, 0.25) is 0 Å². The van der Waals surface area contributed by atoms with Crippen molar-refractivity contribution in [3.05, 3.63) is 5.69 Å². The lowest BCUT2D eigenvalue weighted by molar-refractivity contribution is 0.674. The normalized spacial score (nSPS) is 21.6. The van der Waals surface area contributed by atoms with Crippen LogP contribution in [0.15, 0.2) is 4.21 Å². The van der Waals surface area contributed by atoms with Crippen LogP contribution in [0, 0.1) is 6.92 Å². The topological polar surface area (TPSA) is 50.9 Å². The molecule has 1 aromatic heterocycles. The molecule has 2 heterocycles. The SMILES string of the molecule is Cc1nc(N)sc1SC[C@H]1CCCN1. The lowest BCUT2D eigenvalue weighted by atomic mass is 10.3. The second-order valence-corrected chi connectivity index (χ2v) is 5.85. The minimum Gasteiger partial charge on any atom is -0.375 e. The second-order valence-electron chi connectivity index (χ2n) is 3.53. The molecule has 0 spiro atoms. The van der Waals surface area contributed by atoms with E-state index in [0.29, 0.717) is 11.2 Å². The van der Waals surface area contributed by atoms with E-state index in [9.17, 15) is 0 Å². The van der Waals surface area contributed by atoms with Crippen LogP contribution < -0.4 is 11.1 Å². The van der Waals surface area contributed by atoms with Crippen LogP contribution in [0.1, 0.15) is 18.5 Å². The van der Waals surface area contributed by atoms with Gasteiger partial charge >= 0.3 is 0 Å². The molecule has 1 aromatic rings. The summed E-state index contributed by atoms with van der Waals surface area (Å²) in [4.78, 5) is 4.21. The Morgan fingerprint density at radius 1 is 1.71 bits per heavy atom. The maximum atomic E-state index is 5.64. The fraction of sp³-hybridized carbons (Fsp3) is 0.667. The number of thiazole rings is 1. The fourth-order valence-electron chi connectivity index (χ4n) is 1.61. The number of aromatic nitrogens is 1. The van der Waals surface area contributed by atoms with Gasteiger partial charge in [-0.05, 0) is 26.3 Å². The summed E-state index contributed by atoms with van der Waals surface area (Å²) in [7, 11) is 0. The molecule has 0 unspecified atom stereocenters. The van der Waals surface area contributed by atoms with E-state index < -0.39 is 0 Å². The third-order valence-electron chi connectivity index (χ3n) is 2.35. The van der Waals surface area contributed by atoms with Crippen molar-refractivity contribution in [3.8, 4) is 0 Å². The summed E-state index contributed by atoms with van der Waals surface area (Å²) in [6.45, 7) is 3.20. The zero-order valence-electron chi connectivity index (χ0n) is 8.25. The van der Waals surface area contributed by atoms with Crippen LogP contribution in [0.5, 0.6) is 0 Å². The Morgan fingerprint density at radius 3 is 3.14 bits per heavy atom. The average molecular weight is 229 g/mol. The number of hydrogen-bond acceptors (Lipinski definition) is 5. The fourth-order valence-corrected chi connectivity index (χ4v) is 3.77. The number of nitrogens with zero attached hydrogens (tertiary/aromatic N) is 1. The average Bonchev–Trinajstić information content (AvgIpc) is 2.72. The van der Waals surface area contributed by atoms with Crippen LogP contribution >= 0.6 is 23.1 Å². The summed E-state index contributed by atoms with van der Waals surface area (Å²) < 4.78 is 1.27. The monoisotopic (exact) mass is 229 g/mol. The maximum Gasteiger partial charge on any atom is 0.181 e. The zero-order valence-corrected chi connectivity index (χ0v) is 9.88. The Morgan fingerprint density at radius 2 is 2.57 bits per heavy atom. The maximum absolute atomic E-state index is 5.64. The molecule has 0 amide bonds. The highest BCUT2D eigenvalue weighted by Crippen LogP contribution is 2.31. The number of anilines is 1. The molecule has 0 radical (unpaired) electrons. The summed E-state index contributed by atoms with van der Waals surface area (Å²) in [6, 6.07) is 0.683. The highest BCUT2D eigenvalue weighted by molar-refractivity contribution is 8.01. The molecule has 1 fully saturated rings. The van der Waals surface area contributed by atoms with Gasteiger partial charge in [-0.3, -0.25) is 0 Å². The number of thioether (sulfide) groups is 1. The lowest BCUT2D eigenvalue weighted by Crippen LogP contribution is -2.23. The van der Waals surface area contributed by atoms with E-state index in [-0.39, 0.29) is 0 Å². The van der Waals surface area contributed by atoms with Crippen molar-refractivity contribution in [2.45, 2.75) is 30.0 Å². The van der Waals surface area contributed by atoms with Gasteiger partial charge in [-0.2, -0.15) is 0 Å². The van der Waals surface area contributed by atoms with Crippen LogP contribution in [0.4, 0.5) is 5.13 Å². The van der Waals surface area contributed by atoms with Gasteiger partial charge in [0, 0.05) is 11.8 Å².